The molecule has 0 aliphatic carbocycles. The molecule has 0 saturated carbocycles. The van der Waals surface area contributed by atoms with Crippen molar-refractivity contribution < 1.29 is 19.1 Å². The van der Waals surface area contributed by atoms with E-state index in [1.165, 1.54) is 0 Å². The van der Waals surface area contributed by atoms with Crippen LogP contribution in [-0.2, 0) is 14.3 Å². The number of rotatable bonds is 6. The Morgan fingerprint density at radius 3 is 2.59 bits per heavy atom. The Labute approximate surface area is 173 Å². The van der Waals surface area contributed by atoms with E-state index in [0.29, 0.717) is 23.7 Å². The Kier molecular flexibility index (Phi) is 7.27. The van der Waals surface area contributed by atoms with Crippen molar-refractivity contribution in [1.29, 1.82) is 0 Å². The van der Waals surface area contributed by atoms with Crippen LogP contribution in [0.3, 0.4) is 0 Å². The molecule has 0 bridgehead atoms. The van der Waals surface area contributed by atoms with E-state index in [0.717, 1.165) is 45.9 Å². The monoisotopic (exact) mass is 403 g/mol. The average molecular weight is 404 g/mol. The van der Waals surface area contributed by atoms with Gasteiger partial charge in [0.15, 0.2) is 0 Å². The van der Waals surface area contributed by atoms with E-state index in [-0.39, 0.29) is 17.9 Å². The second-order valence-electron chi connectivity index (χ2n) is 8.83. The number of hydrogen-bond donors (Lipinski definition) is 2. The number of nitrogens with one attached hydrogen (secondary N) is 2. The molecular formula is C22H33N3O4. The Hall–Kier alpha value is -1.96. The van der Waals surface area contributed by atoms with E-state index in [1.807, 2.05) is 20.8 Å². The Bertz CT molecular complexity index is 704. The summed E-state index contributed by atoms with van der Waals surface area (Å²) in [5.74, 6) is 0.212. The van der Waals surface area contributed by atoms with Gasteiger partial charge < -0.3 is 20.1 Å². The van der Waals surface area contributed by atoms with Gasteiger partial charge in [-0.05, 0) is 24.6 Å². The number of amides is 2. The maximum atomic E-state index is 12.8. The lowest BCUT2D eigenvalue weighted by Crippen LogP contribution is -2.52. The third kappa shape index (κ3) is 6.01. The van der Waals surface area contributed by atoms with Gasteiger partial charge in [0.2, 0.25) is 5.91 Å². The smallest absolute Gasteiger partial charge is 0.251 e. The van der Waals surface area contributed by atoms with Gasteiger partial charge in [-0.2, -0.15) is 0 Å². The topological polar surface area (TPSA) is 79.9 Å². The summed E-state index contributed by atoms with van der Waals surface area (Å²) in [6, 6.07) is 7.32. The van der Waals surface area contributed by atoms with Crippen LogP contribution in [-0.4, -0.2) is 68.8 Å². The summed E-state index contributed by atoms with van der Waals surface area (Å²) in [5, 5.41) is 5.98. The van der Waals surface area contributed by atoms with Crippen LogP contribution >= 0.6 is 0 Å². The van der Waals surface area contributed by atoms with Crippen molar-refractivity contribution in [2.75, 3.05) is 51.4 Å². The summed E-state index contributed by atoms with van der Waals surface area (Å²) in [6.45, 7) is 10.9. The van der Waals surface area contributed by atoms with E-state index in [9.17, 15) is 9.59 Å². The Morgan fingerprint density at radius 1 is 1.17 bits per heavy atom. The number of carbonyl (C=O) groups excluding carboxylic acids is 2. The number of ether oxygens (including phenoxy) is 2. The van der Waals surface area contributed by atoms with E-state index in [2.05, 4.69) is 15.5 Å². The van der Waals surface area contributed by atoms with Crippen LogP contribution in [0.2, 0.25) is 0 Å². The molecule has 2 saturated heterocycles. The van der Waals surface area contributed by atoms with Gasteiger partial charge in [-0.15, -0.1) is 0 Å². The van der Waals surface area contributed by atoms with E-state index < -0.39 is 5.41 Å². The summed E-state index contributed by atoms with van der Waals surface area (Å²) < 4.78 is 11.1. The van der Waals surface area contributed by atoms with Crippen LogP contribution in [0.15, 0.2) is 24.3 Å². The highest BCUT2D eigenvalue weighted by atomic mass is 16.5. The molecule has 2 atom stereocenters. The molecule has 7 nitrogen and oxygen atoms in total. The number of carbonyl (C=O) groups is 2. The largest absolute Gasteiger partial charge is 0.381 e. The lowest BCUT2D eigenvalue weighted by Gasteiger charge is -2.37. The SMILES string of the molecule is CC(C)(C)C(=O)Nc1cccc(C(=O)NCC(C2CCOC2)N2CCOCC2)c1. The summed E-state index contributed by atoms with van der Waals surface area (Å²) in [6.07, 6.45) is 1.02. The van der Waals surface area contributed by atoms with E-state index in [1.54, 1.807) is 24.3 Å². The summed E-state index contributed by atoms with van der Waals surface area (Å²) in [5.41, 5.74) is 0.680. The Morgan fingerprint density at radius 2 is 1.93 bits per heavy atom. The molecule has 2 aliphatic rings. The van der Waals surface area contributed by atoms with Crippen LogP contribution < -0.4 is 10.6 Å². The first-order valence-electron chi connectivity index (χ1n) is 10.4. The van der Waals surface area contributed by atoms with Crippen LogP contribution in [0.25, 0.3) is 0 Å². The van der Waals surface area contributed by atoms with Crippen LogP contribution in [0.4, 0.5) is 5.69 Å². The first-order chi connectivity index (χ1) is 13.8. The molecule has 1 aromatic carbocycles. The van der Waals surface area contributed by atoms with Crippen molar-refractivity contribution >= 4 is 17.5 Å². The Balaban J connectivity index is 1.62. The molecule has 7 heteroatoms. The minimum atomic E-state index is -0.493. The molecule has 1 aromatic rings. The van der Waals surface area contributed by atoms with Gasteiger partial charge in [0.25, 0.3) is 5.91 Å². The molecular weight excluding hydrogens is 370 g/mol. The quantitative estimate of drug-likeness (QED) is 0.761. The zero-order chi connectivity index (χ0) is 20.9. The van der Waals surface area contributed by atoms with Gasteiger partial charge in [-0.3, -0.25) is 14.5 Å². The molecule has 2 unspecified atom stereocenters. The van der Waals surface area contributed by atoms with Crippen molar-refractivity contribution in [3.8, 4) is 0 Å². The lowest BCUT2D eigenvalue weighted by molar-refractivity contribution is -0.123. The van der Waals surface area contributed by atoms with Crippen molar-refractivity contribution in [3.63, 3.8) is 0 Å². The second kappa shape index (κ2) is 9.69. The maximum Gasteiger partial charge on any atom is 0.251 e. The normalized spacial score (nSPS) is 21.6. The molecule has 2 fully saturated rings. The highest BCUT2D eigenvalue weighted by molar-refractivity contribution is 5.98. The molecule has 2 heterocycles. The molecule has 29 heavy (non-hydrogen) atoms. The van der Waals surface area contributed by atoms with Crippen molar-refractivity contribution in [2.24, 2.45) is 11.3 Å². The molecule has 0 radical (unpaired) electrons. The van der Waals surface area contributed by atoms with Crippen LogP contribution in [0.1, 0.15) is 37.6 Å². The number of anilines is 1. The zero-order valence-corrected chi connectivity index (χ0v) is 17.7. The van der Waals surface area contributed by atoms with E-state index >= 15 is 0 Å². The van der Waals surface area contributed by atoms with Crippen molar-refractivity contribution in [1.82, 2.24) is 10.2 Å². The lowest BCUT2D eigenvalue weighted by atomic mass is 9.95. The summed E-state index contributed by atoms with van der Waals surface area (Å²) in [4.78, 5) is 27.4. The highest BCUT2D eigenvalue weighted by Gasteiger charge is 2.31. The fourth-order valence-corrected chi connectivity index (χ4v) is 3.72. The van der Waals surface area contributed by atoms with Crippen LogP contribution in [0, 0.1) is 11.3 Å². The fourth-order valence-electron chi connectivity index (χ4n) is 3.72. The highest BCUT2D eigenvalue weighted by Crippen LogP contribution is 2.22. The number of hydrogen-bond acceptors (Lipinski definition) is 5. The van der Waals surface area contributed by atoms with Crippen LogP contribution in [0.5, 0.6) is 0 Å². The second-order valence-corrected chi connectivity index (χ2v) is 8.83. The van der Waals surface area contributed by atoms with Gasteiger partial charge >= 0.3 is 0 Å². The molecule has 160 valence electrons. The zero-order valence-electron chi connectivity index (χ0n) is 17.7. The minimum Gasteiger partial charge on any atom is -0.381 e. The molecule has 3 rings (SSSR count). The number of nitrogens with zero attached hydrogens (tertiary/aromatic N) is 1. The predicted molar refractivity (Wildman–Crippen MR) is 112 cm³/mol. The molecule has 2 amide bonds. The fraction of sp³-hybridized carbons (Fsp3) is 0.636. The van der Waals surface area contributed by atoms with E-state index in [4.69, 9.17) is 9.47 Å². The van der Waals surface area contributed by atoms with Gasteiger partial charge in [0.1, 0.15) is 0 Å². The standard InChI is InChI=1S/C22H33N3O4/c1-22(2,3)21(27)24-18-6-4-5-16(13-18)20(26)23-14-19(17-7-10-29-15-17)25-8-11-28-12-9-25/h4-6,13,17,19H,7-12,14-15H2,1-3H3,(H,23,26)(H,24,27). The number of morpholine rings is 1. The third-order valence-corrected chi connectivity index (χ3v) is 5.56. The van der Waals surface area contributed by atoms with Crippen molar-refractivity contribution in [2.45, 2.75) is 33.2 Å². The molecule has 0 spiro atoms. The third-order valence-electron chi connectivity index (χ3n) is 5.56. The first-order valence-corrected chi connectivity index (χ1v) is 10.4. The van der Waals surface area contributed by atoms with Gasteiger partial charge in [0, 0.05) is 54.9 Å². The van der Waals surface area contributed by atoms with Gasteiger partial charge in [0.05, 0.1) is 19.8 Å². The summed E-state index contributed by atoms with van der Waals surface area (Å²) >= 11 is 0. The minimum absolute atomic E-state index is 0.0799. The molecule has 0 aromatic heterocycles. The number of benzene rings is 1. The van der Waals surface area contributed by atoms with Gasteiger partial charge in [-0.1, -0.05) is 26.8 Å². The average Bonchev–Trinajstić information content (AvgIpc) is 3.23. The molecule has 2 N–H and O–H groups in total. The maximum absolute atomic E-state index is 12.8. The first kappa shape index (κ1) is 21.7. The summed E-state index contributed by atoms with van der Waals surface area (Å²) in [7, 11) is 0. The molecule has 2 aliphatic heterocycles. The van der Waals surface area contributed by atoms with Gasteiger partial charge in [-0.25, -0.2) is 0 Å². The predicted octanol–water partition coefficient (Wildman–Crippen LogP) is 2.14. The van der Waals surface area contributed by atoms with Crippen molar-refractivity contribution in [3.05, 3.63) is 29.8 Å².